The van der Waals surface area contributed by atoms with Crippen molar-refractivity contribution in [1.82, 2.24) is 4.90 Å². The highest BCUT2D eigenvalue weighted by molar-refractivity contribution is 5.77. The molecule has 0 bridgehead atoms. The van der Waals surface area contributed by atoms with Gasteiger partial charge in [-0.15, -0.1) is 0 Å². The van der Waals surface area contributed by atoms with Gasteiger partial charge in [0.15, 0.2) is 0 Å². The van der Waals surface area contributed by atoms with E-state index in [1.54, 1.807) is 12.1 Å². The van der Waals surface area contributed by atoms with Crippen LogP contribution in [-0.4, -0.2) is 23.1 Å². The van der Waals surface area contributed by atoms with E-state index in [1.807, 2.05) is 24.3 Å². The SMILES string of the molecule is Oc1ccc(CN2CCC(c3cc4ccccc4o3)CC2)cc1. The molecule has 0 aliphatic carbocycles. The molecule has 1 N–H and O–H groups in total. The Bertz CT molecular complexity index is 750. The van der Waals surface area contributed by atoms with Gasteiger partial charge in [-0.3, -0.25) is 4.90 Å². The Morgan fingerprint density at radius 3 is 2.48 bits per heavy atom. The summed E-state index contributed by atoms with van der Waals surface area (Å²) in [6.07, 6.45) is 2.27. The van der Waals surface area contributed by atoms with Gasteiger partial charge in [0.2, 0.25) is 0 Å². The zero-order valence-electron chi connectivity index (χ0n) is 13.1. The zero-order chi connectivity index (χ0) is 15.6. The third-order valence-electron chi connectivity index (χ3n) is 4.78. The minimum Gasteiger partial charge on any atom is -0.508 e. The number of benzene rings is 2. The van der Waals surface area contributed by atoms with Crippen molar-refractivity contribution >= 4 is 11.0 Å². The van der Waals surface area contributed by atoms with Crippen molar-refractivity contribution in [2.75, 3.05) is 13.1 Å². The lowest BCUT2D eigenvalue weighted by Gasteiger charge is -2.31. The number of likely N-dealkylation sites (tertiary alicyclic amines) is 1. The Kier molecular flexibility index (Phi) is 3.80. The molecule has 118 valence electrons. The van der Waals surface area contributed by atoms with Crippen LogP contribution in [0.4, 0.5) is 0 Å². The monoisotopic (exact) mass is 307 g/mol. The van der Waals surface area contributed by atoms with E-state index in [9.17, 15) is 5.11 Å². The van der Waals surface area contributed by atoms with Crippen LogP contribution < -0.4 is 0 Å². The van der Waals surface area contributed by atoms with Crippen molar-refractivity contribution in [3.8, 4) is 5.75 Å². The molecule has 1 saturated heterocycles. The Morgan fingerprint density at radius 2 is 1.74 bits per heavy atom. The molecule has 0 amide bonds. The number of rotatable bonds is 3. The number of phenols is 1. The number of furan rings is 1. The van der Waals surface area contributed by atoms with Crippen molar-refractivity contribution in [1.29, 1.82) is 0 Å². The van der Waals surface area contributed by atoms with E-state index in [0.29, 0.717) is 11.7 Å². The Balaban J connectivity index is 1.39. The van der Waals surface area contributed by atoms with Gasteiger partial charge in [-0.05, 0) is 55.8 Å². The maximum absolute atomic E-state index is 9.36. The summed E-state index contributed by atoms with van der Waals surface area (Å²) in [5, 5.41) is 10.6. The topological polar surface area (TPSA) is 36.6 Å². The molecule has 3 aromatic rings. The standard InChI is InChI=1S/C20H21NO2/c22-18-7-5-15(6-8-18)14-21-11-9-16(10-12-21)20-13-17-3-1-2-4-19(17)23-20/h1-8,13,16,22H,9-12,14H2. The third kappa shape index (κ3) is 3.10. The van der Waals surface area contributed by atoms with Gasteiger partial charge in [-0.2, -0.15) is 0 Å². The maximum atomic E-state index is 9.36. The molecular weight excluding hydrogens is 286 g/mol. The highest BCUT2D eigenvalue weighted by atomic mass is 16.3. The molecular formula is C20H21NO2. The average Bonchev–Trinajstić information content (AvgIpc) is 3.02. The van der Waals surface area contributed by atoms with Gasteiger partial charge in [-0.25, -0.2) is 0 Å². The van der Waals surface area contributed by atoms with Gasteiger partial charge in [0.1, 0.15) is 17.1 Å². The minimum absolute atomic E-state index is 0.331. The summed E-state index contributed by atoms with van der Waals surface area (Å²) in [6, 6.07) is 18.0. The second-order valence-corrected chi connectivity index (χ2v) is 6.40. The Hall–Kier alpha value is -2.26. The van der Waals surface area contributed by atoms with Crippen molar-refractivity contribution in [3.05, 3.63) is 65.9 Å². The number of piperidine rings is 1. The molecule has 4 rings (SSSR count). The van der Waals surface area contributed by atoms with Crippen LogP contribution in [0.25, 0.3) is 11.0 Å². The van der Waals surface area contributed by atoms with Crippen LogP contribution in [0.5, 0.6) is 5.75 Å². The first-order valence-electron chi connectivity index (χ1n) is 8.27. The third-order valence-corrected chi connectivity index (χ3v) is 4.78. The molecule has 1 aromatic heterocycles. The van der Waals surface area contributed by atoms with E-state index in [-0.39, 0.29) is 0 Å². The highest BCUT2D eigenvalue weighted by Gasteiger charge is 2.23. The Morgan fingerprint density at radius 1 is 1.00 bits per heavy atom. The molecule has 0 saturated carbocycles. The average molecular weight is 307 g/mol. The zero-order valence-corrected chi connectivity index (χ0v) is 13.1. The minimum atomic E-state index is 0.331. The van der Waals surface area contributed by atoms with Crippen molar-refractivity contribution in [3.63, 3.8) is 0 Å². The molecule has 1 aliphatic rings. The first kappa shape index (κ1) is 14.3. The second-order valence-electron chi connectivity index (χ2n) is 6.40. The summed E-state index contributed by atoms with van der Waals surface area (Å²) < 4.78 is 6.03. The second kappa shape index (κ2) is 6.09. The smallest absolute Gasteiger partial charge is 0.134 e. The van der Waals surface area contributed by atoms with E-state index < -0.39 is 0 Å². The Labute approximate surface area is 136 Å². The summed E-state index contributed by atoms with van der Waals surface area (Å²) in [4.78, 5) is 2.48. The van der Waals surface area contributed by atoms with Gasteiger partial charge in [0.05, 0.1) is 0 Å². The van der Waals surface area contributed by atoms with Gasteiger partial charge in [0, 0.05) is 17.8 Å². The highest BCUT2D eigenvalue weighted by Crippen LogP contribution is 2.32. The van der Waals surface area contributed by atoms with E-state index in [1.165, 1.54) is 10.9 Å². The predicted octanol–water partition coefficient (Wildman–Crippen LogP) is 4.52. The number of aromatic hydroxyl groups is 1. The summed E-state index contributed by atoms with van der Waals surface area (Å²) in [5.74, 6) is 1.99. The summed E-state index contributed by atoms with van der Waals surface area (Å²) in [7, 11) is 0. The molecule has 0 atom stereocenters. The van der Waals surface area contributed by atoms with Gasteiger partial charge in [0.25, 0.3) is 0 Å². The van der Waals surface area contributed by atoms with Crippen molar-refractivity contribution < 1.29 is 9.52 Å². The first-order valence-corrected chi connectivity index (χ1v) is 8.27. The van der Waals surface area contributed by atoms with Gasteiger partial charge >= 0.3 is 0 Å². The predicted molar refractivity (Wildman–Crippen MR) is 91.6 cm³/mol. The maximum Gasteiger partial charge on any atom is 0.134 e. The lowest BCUT2D eigenvalue weighted by molar-refractivity contribution is 0.196. The number of hydrogen-bond donors (Lipinski definition) is 1. The van der Waals surface area contributed by atoms with Crippen LogP contribution in [0.2, 0.25) is 0 Å². The van der Waals surface area contributed by atoms with Crippen LogP contribution in [0, 0.1) is 0 Å². The van der Waals surface area contributed by atoms with Gasteiger partial charge in [-0.1, -0.05) is 30.3 Å². The van der Waals surface area contributed by atoms with Crippen LogP contribution in [0.15, 0.2) is 59.0 Å². The fourth-order valence-corrected chi connectivity index (χ4v) is 3.44. The van der Waals surface area contributed by atoms with Crippen LogP contribution in [-0.2, 0) is 6.54 Å². The molecule has 0 unspecified atom stereocenters. The molecule has 1 fully saturated rings. The number of hydrogen-bond acceptors (Lipinski definition) is 3. The van der Waals surface area contributed by atoms with E-state index in [4.69, 9.17) is 4.42 Å². The first-order chi connectivity index (χ1) is 11.3. The van der Waals surface area contributed by atoms with E-state index >= 15 is 0 Å². The lowest BCUT2D eigenvalue weighted by atomic mass is 9.94. The fraction of sp³-hybridized carbons (Fsp3) is 0.300. The van der Waals surface area contributed by atoms with Crippen LogP contribution in [0.1, 0.15) is 30.1 Å². The van der Waals surface area contributed by atoms with Crippen molar-refractivity contribution in [2.45, 2.75) is 25.3 Å². The largest absolute Gasteiger partial charge is 0.508 e. The fourth-order valence-electron chi connectivity index (χ4n) is 3.44. The van der Waals surface area contributed by atoms with Crippen LogP contribution >= 0.6 is 0 Å². The summed E-state index contributed by atoms with van der Waals surface area (Å²) in [5.41, 5.74) is 2.25. The molecule has 0 radical (unpaired) electrons. The quantitative estimate of drug-likeness (QED) is 0.773. The van der Waals surface area contributed by atoms with E-state index in [0.717, 1.165) is 43.8 Å². The lowest BCUT2D eigenvalue weighted by Crippen LogP contribution is -2.32. The molecule has 0 spiro atoms. The normalized spacial score (nSPS) is 16.9. The number of phenolic OH excluding ortho intramolecular Hbond substituents is 1. The summed E-state index contributed by atoms with van der Waals surface area (Å²) >= 11 is 0. The van der Waals surface area contributed by atoms with Crippen molar-refractivity contribution in [2.24, 2.45) is 0 Å². The number of fused-ring (bicyclic) bond motifs is 1. The van der Waals surface area contributed by atoms with E-state index in [2.05, 4.69) is 23.1 Å². The number of para-hydroxylation sites is 1. The molecule has 23 heavy (non-hydrogen) atoms. The molecule has 2 aromatic carbocycles. The van der Waals surface area contributed by atoms with Crippen LogP contribution in [0.3, 0.4) is 0 Å². The molecule has 3 heteroatoms. The molecule has 3 nitrogen and oxygen atoms in total. The summed E-state index contributed by atoms with van der Waals surface area (Å²) in [6.45, 7) is 3.12. The molecule has 1 aliphatic heterocycles. The van der Waals surface area contributed by atoms with Gasteiger partial charge < -0.3 is 9.52 Å². The number of nitrogens with zero attached hydrogens (tertiary/aromatic N) is 1. The molecule has 2 heterocycles.